The molecule has 6 heteroatoms. The van der Waals surface area contributed by atoms with E-state index in [1.165, 1.54) is 17.8 Å². The Morgan fingerprint density at radius 3 is 2.46 bits per heavy atom. The molecular formula is C20H23FN2O3. The van der Waals surface area contributed by atoms with Crippen molar-refractivity contribution in [1.82, 2.24) is 0 Å². The molecule has 2 aromatic rings. The lowest BCUT2D eigenvalue weighted by atomic mass is 10.2. The molecule has 0 bridgehead atoms. The number of halogens is 1. The zero-order chi connectivity index (χ0) is 18.0. The van der Waals surface area contributed by atoms with Crippen molar-refractivity contribution in [3.05, 3.63) is 59.9 Å². The zero-order valence-electron chi connectivity index (χ0n) is 14.6. The molecule has 1 aliphatic rings. The van der Waals surface area contributed by atoms with Crippen molar-refractivity contribution in [3.8, 4) is 5.75 Å². The summed E-state index contributed by atoms with van der Waals surface area (Å²) >= 11 is 0. The van der Waals surface area contributed by atoms with Crippen molar-refractivity contribution < 1.29 is 18.7 Å². The third-order valence-electron chi connectivity index (χ3n) is 4.01. The minimum absolute atomic E-state index is 0.270. The van der Waals surface area contributed by atoms with Crippen molar-refractivity contribution in [2.24, 2.45) is 5.16 Å². The summed E-state index contributed by atoms with van der Waals surface area (Å²) in [5.41, 5.74) is 2.19. The van der Waals surface area contributed by atoms with Gasteiger partial charge in [0.25, 0.3) is 0 Å². The smallest absolute Gasteiger partial charge is 0.123 e. The van der Waals surface area contributed by atoms with E-state index in [2.05, 4.69) is 22.2 Å². The predicted molar refractivity (Wildman–Crippen MR) is 99.5 cm³/mol. The molecule has 0 aliphatic carbocycles. The zero-order valence-corrected chi connectivity index (χ0v) is 14.6. The van der Waals surface area contributed by atoms with Crippen molar-refractivity contribution in [3.63, 3.8) is 0 Å². The summed E-state index contributed by atoms with van der Waals surface area (Å²) in [5, 5.41) is 3.98. The second kappa shape index (κ2) is 9.77. The van der Waals surface area contributed by atoms with Crippen LogP contribution in [0.4, 0.5) is 10.1 Å². The molecule has 2 aromatic carbocycles. The van der Waals surface area contributed by atoms with Gasteiger partial charge in [0.1, 0.15) is 18.2 Å². The van der Waals surface area contributed by atoms with Gasteiger partial charge in [-0.05, 0) is 42.0 Å². The highest BCUT2D eigenvalue weighted by molar-refractivity contribution is 5.79. The Kier molecular flexibility index (Phi) is 6.84. The average molecular weight is 358 g/mol. The van der Waals surface area contributed by atoms with Gasteiger partial charge < -0.3 is 19.2 Å². The summed E-state index contributed by atoms with van der Waals surface area (Å²) in [7, 11) is 0. The lowest BCUT2D eigenvalue weighted by Crippen LogP contribution is -2.36. The number of ether oxygens (including phenoxy) is 2. The fourth-order valence-electron chi connectivity index (χ4n) is 2.59. The van der Waals surface area contributed by atoms with Gasteiger partial charge in [0.15, 0.2) is 0 Å². The Morgan fingerprint density at radius 1 is 1.00 bits per heavy atom. The lowest BCUT2D eigenvalue weighted by Gasteiger charge is -2.28. The van der Waals surface area contributed by atoms with Crippen LogP contribution in [0.3, 0.4) is 0 Å². The van der Waals surface area contributed by atoms with Crippen molar-refractivity contribution in [2.45, 2.75) is 6.42 Å². The van der Waals surface area contributed by atoms with Gasteiger partial charge in [-0.1, -0.05) is 17.3 Å². The molecule has 0 N–H and O–H groups in total. The molecule has 1 fully saturated rings. The predicted octanol–water partition coefficient (Wildman–Crippen LogP) is 3.48. The minimum atomic E-state index is -0.270. The summed E-state index contributed by atoms with van der Waals surface area (Å²) in [6, 6.07) is 14.2. The van der Waals surface area contributed by atoms with Gasteiger partial charge >= 0.3 is 0 Å². The van der Waals surface area contributed by atoms with Gasteiger partial charge in [-0.3, -0.25) is 0 Å². The lowest BCUT2D eigenvalue weighted by molar-refractivity contribution is 0.122. The van der Waals surface area contributed by atoms with E-state index >= 15 is 0 Å². The van der Waals surface area contributed by atoms with Gasteiger partial charge in [0.2, 0.25) is 0 Å². The molecule has 5 nitrogen and oxygen atoms in total. The first-order valence-electron chi connectivity index (χ1n) is 8.78. The Labute approximate surface area is 153 Å². The van der Waals surface area contributed by atoms with Crippen LogP contribution in [0, 0.1) is 5.82 Å². The molecule has 3 rings (SSSR count). The highest BCUT2D eigenvalue weighted by Crippen LogP contribution is 2.16. The van der Waals surface area contributed by atoms with Crippen LogP contribution in [-0.2, 0) is 9.57 Å². The van der Waals surface area contributed by atoms with Gasteiger partial charge in [0, 0.05) is 25.2 Å². The minimum Gasteiger partial charge on any atom is -0.493 e. The van der Waals surface area contributed by atoms with Crippen LogP contribution in [0.5, 0.6) is 5.75 Å². The number of oxime groups is 1. The van der Waals surface area contributed by atoms with E-state index < -0.39 is 0 Å². The number of hydrogen-bond acceptors (Lipinski definition) is 5. The maximum absolute atomic E-state index is 12.8. The SMILES string of the molecule is Fc1ccc(OCCCO/N=C/c2ccc(N3CCOCC3)cc2)cc1. The molecule has 0 spiro atoms. The van der Waals surface area contributed by atoms with E-state index in [9.17, 15) is 4.39 Å². The van der Waals surface area contributed by atoms with Crippen LogP contribution in [0.2, 0.25) is 0 Å². The van der Waals surface area contributed by atoms with Crippen LogP contribution in [0.25, 0.3) is 0 Å². The molecule has 0 saturated carbocycles. The molecule has 1 heterocycles. The van der Waals surface area contributed by atoms with Gasteiger partial charge in [0.05, 0.1) is 26.0 Å². The highest BCUT2D eigenvalue weighted by Gasteiger charge is 2.10. The second-order valence-corrected chi connectivity index (χ2v) is 5.91. The number of benzene rings is 2. The molecule has 1 aliphatic heterocycles. The maximum Gasteiger partial charge on any atom is 0.123 e. The first kappa shape index (κ1) is 18.2. The third kappa shape index (κ3) is 5.74. The van der Waals surface area contributed by atoms with Crippen LogP contribution >= 0.6 is 0 Å². The van der Waals surface area contributed by atoms with Gasteiger partial charge in [-0.25, -0.2) is 4.39 Å². The van der Waals surface area contributed by atoms with Crippen LogP contribution in [-0.4, -0.2) is 45.7 Å². The quantitative estimate of drug-likeness (QED) is 0.412. The number of anilines is 1. The molecule has 0 amide bonds. The molecule has 0 radical (unpaired) electrons. The molecule has 1 saturated heterocycles. The highest BCUT2D eigenvalue weighted by atomic mass is 19.1. The third-order valence-corrected chi connectivity index (χ3v) is 4.01. The second-order valence-electron chi connectivity index (χ2n) is 5.91. The summed E-state index contributed by atoms with van der Waals surface area (Å²) in [4.78, 5) is 7.55. The molecule has 26 heavy (non-hydrogen) atoms. The summed E-state index contributed by atoms with van der Waals surface area (Å²) < 4.78 is 23.6. The standard InChI is InChI=1S/C20H23FN2O3/c21-18-4-8-20(9-5-18)25-12-1-13-26-22-16-17-2-6-19(7-3-17)23-10-14-24-15-11-23/h2-9,16H,1,10-15H2/b22-16+. The van der Waals surface area contributed by atoms with E-state index in [1.54, 1.807) is 18.3 Å². The van der Waals surface area contributed by atoms with E-state index in [0.29, 0.717) is 25.4 Å². The Morgan fingerprint density at radius 2 is 1.73 bits per heavy atom. The molecule has 0 atom stereocenters. The van der Waals surface area contributed by atoms with Crippen LogP contribution in [0.1, 0.15) is 12.0 Å². The summed E-state index contributed by atoms with van der Waals surface area (Å²) in [6.45, 7) is 4.37. The Hall–Kier alpha value is -2.60. The van der Waals surface area contributed by atoms with E-state index in [0.717, 1.165) is 31.9 Å². The molecule has 0 aromatic heterocycles. The molecule has 138 valence electrons. The van der Waals surface area contributed by atoms with Gasteiger partial charge in [-0.2, -0.15) is 0 Å². The van der Waals surface area contributed by atoms with Crippen molar-refractivity contribution >= 4 is 11.9 Å². The number of rotatable bonds is 8. The van der Waals surface area contributed by atoms with Crippen molar-refractivity contribution in [1.29, 1.82) is 0 Å². The van der Waals surface area contributed by atoms with Gasteiger partial charge in [-0.15, -0.1) is 0 Å². The Balaban J connectivity index is 1.32. The fraction of sp³-hybridized carbons (Fsp3) is 0.350. The largest absolute Gasteiger partial charge is 0.493 e. The average Bonchev–Trinajstić information content (AvgIpc) is 2.70. The van der Waals surface area contributed by atoms with E-state index in [-0.39, 0.29) is 5.82 Å². The Bertz CT molecular complexity index is 683. The topological polar surface area (TPSA) is 43.3 Å². The number of nitrogens with zero attached hydrogens (tertiary/aromatic N) is 2. The summed E-state index contributed by atoms with van der Waals surface area (Å²) in [6.07, 6.45) is 2.40. The van der Waals surface area contributed by atoms with Crippen molar-refractivity contribution in [2.75, 3.05) is 44.4 Å². The molecule has 0 unspecified atom stereocenters. The number of morpholine rings is 1. The first-order chi connectivity index (χ1) is 12.8. The fourth-order valence-corrected chi connectivity index (χ4v) is 2.59. The monoisotopic (exact) mass is 358 g/mol. The first-order valence-corrected chi connectivity index (χ1v) is 8.78. The van der Waals surface area contributed by atoms with E-state index in [1.807, 2.05) is 12.1 Å². The normalized spacial score (nSPS) is 14.6. The number of hydrogen-bond donors (Lipinski definition) is 0. The van der Waals surface area contributed by atoms with Crippen LogP contribution < -0.4 is 9.64 Å². The van der Waals surface area contributed by atoms with E-state index in [4.69, 9.17) is 14.3 Å². The molecular weight excluding hydrogens is 335 g/mol. The summed E-state index contributed by atoms with van der Waals surface area (Å²) in [5.74, 6) is 0.378. The maximum atomic E-state index is 12.8. The van der Waals surface area contributed by atoms with Crippen LogP contribution in [0.15, 0.2) is 53.7 Å².